The SMILES string of the molecule is COc1cc([C@@](Cc2ccccc2)(NC(=O)N2CC(F)(F)C[C@H]2C2=NC=NC2)c2cc(F)cc(C(F)(F)F)c2)ccc1F. The average molecular weight is 607 g/mol. The summed E-state index contributed by atoms with van der Waals surface area (Å²) < 4.78 is 106. The maximum atomic E-state index is 14.9. The number of aliphatic imine (C=N–C) groups is 2. The maximum absolute atomic E-state index is 14.9. The lowest BCUT2D eigenvalue weighted by molar-refractivity contribution is -0.137. The van der Waals surface area contributed by atoms with E-state index in [-0.39, 0.29) is 35.6 Å². The van der Waals surface area contributed by atoms with Crippen LogP contribution in [0.25, 0.3) is 0 Å². The summed E-state index contributed by atoms with van der Waals surface area (Å²) in [6, 6.07) is 11.2. The molecule has 2 atom stereocenters. The predicted octanol–water partition coefficient (Wildman–Crippen LogP) is 6.38. The number of hydrogen-bond acceptors (Lipinski definition) is 4. The van der Waals surface area contributed by atoms with Gasteiger partial charge < -0.3 is 15.0 Å². The van der Waals surface area contributed by atoms with Gasteiger partial charge in [0.25, 0.3) is 5.92 Å². The van der Waals surface area contributed by atoms with Crippen LogP contribution in [0.5, 0.6) is 5.75 Å². The van der Waals surface area contributed by atoms with Crippen LogP contribution >= 0.6 is 0 Å². The van der Waals surface area contributed by atoms with Gasteiger partial charge in [-0.25, -0.2) is 27.3 Å². The van der Waals surface area contributed by atoms with E-state index in [1.807, 2.05) is 0 Å². The summed E-state index contributed by atoms with van der Waals surface area (Å²) in [5, 5.41) is 2.67. The molecule has 6 nitrogen and oxygen atoms in total. The Morgan fingerprint density at radius 2 is 1.74 bits per heavy atom. The van der Waals surface area contributed by atoms with Crippen molar-refractivity contribution in [2.45, 2.75) is 36.5 Å². The summed E-state index contributed by atoms with van der Waals surface area (Å²) >= 11 is 0. The van der Waals surface area contributed by atoms with E-state index >= 15 is 0 Å². The summed E-state index contributed by atoms with van der Waals surface area (Å²) in [4.78, 5) is 22.8. The van der Waals surface area contributed by atoms with Crippen molar-refractivity contribution in [1.29, 1.82) is 0 Å². The quantitative estimate of drug-likeness (QED) is 0.318. The number of carbonyl (C=O) groups excluding carboxylic acids is 1. The van der Waals surface area contributed by atoms with Crippen molar-refractivity contribution < 1.29 is 40.3 Å². The van der Waals surface area contributed by atoms with Crippen molar-refractivity contribution in [3.05, 3.63) is 101 Å². The Bertz CT molecular complexity index is 1580. The molecule has 0 radical (unpaired) electrons. The van der Waals surface area contributed by atoms with Gasteiger partial charge in [0, 0.05) is 12.8 Å². The predicted molar refractivity (Wildman–Crippen MR) is 145 cm³/mol. The first kappa shape index (κ1) is 30.1. The van der Waals surface area contributed by atoms with Crippen molar-refractivity contribution in [1.82, 2.24) is 10.2 Å². The highest BCUT2D eigenvalue weighted by Crippen LogP contribution is 2.41. The standard InChI is InChI=1S/C30H25F7N4O2/c1-43-26-12-19(7-8-23(26)32)29(13-18-5-3-2-4-6-18,20-9-21(30(35,36)37)11-22(31)10-20)40-27(42)41-16-28(33,34)14-25(41)24-15-38-17-39-24/h2-12,17,25H,13-16H2,1H3,(H,40,42)/t25-,29+/m0/s1. The van der Waals surface area contributed by atoms with Crippen LogP contribution in [0.1, 0.15) is 28.7 Å². The fourth-order valence-corrected chi connectivity index (χ4v) is 5.45. The highest BCUT2D eigenvalue weighted by atomic mass is 19.4. The number of rotatable bonds is 7. The fourth-order valence-electron chi connectivity index (χ4n) is 5.45. The number of halogens is 7. The highest BCUT2D eigenvalue weighted by Gasteiger charge is 2.51. The first-order chi connectivity index (χ1) is 20.3. The van der Waals surface area contributed by atoms with Crippen LogP contribution in [0.3, 0.4) is 0 Å². The van der Waals surface area contributed by atoms with E-state index in [1.165, 1.54) is 25.6 Å². The third kappa shape index (κ3) is 6.20. The van der Waals surface area contributed by atoms with Gasteiger partial charge in [-0.3, -0.25) is 4.99 Å². The van der Waals surface area contributed by atoms with Crippen LogP contribution in [-0.2, 0) is 18.1 Å². The van der Waals surface area contributed by atoms with Crippen LogP contribution in [-0.4, -0.2) is 55.1 Å². The number of hydrogen-bond donors (Lipinski definition) is 1. The van der Waals surface area contributed by atoms with E-state index in [0.29, 0.717) is 17.7 Å². The van der Waals surface area contributed by atoms with E-state index in [4.69, 9.17) is 4.74 Å². The van der Waals surface area contributed by atoms with Gasteiger partial charge >= 0.3 is 12.2 Å². The Balaban J connectivity index is 1.72. The number of benzene rings is 3. The zero-order valence-corrected chi connectivity index (χ0v) is 22.6. The Labute approximate surface area is 241 Å². The minimum Gasteiger partial charge on any atom is -0.494 e. The van der Waals surface area contributed by atoms with E-state index in [1.54, 1.807) is 30.3 Å². The minimum absolute atomic E-state index is 0.00626. The largest absolute Gasteiger partial charge is 0.494 e. The topological polar surface area (TPSA) is 66.3 Å². The first-order valence-electron chi connectivity index (χ1n) is 13.1. The Hall–Kier alpha value is -4.42. The number of carbonyl (C=O) groups is 1. The second-order valence-electron chi connectivity index (χ2n) is 10.4. The molecule has 5 rings (SSSR count). The van der Waals surface area contributed by atoms with Crippen LogP contribution in [0, 0.1) is 11.6 Å². The molecule has 2 aliphatic rings. The van der Waals surface area contributed by atoms with Crippen molar-refractivity contribution >= 4 is 18.1 Å². The highest BCUT2D eigenvalue weighted by molar-refractivity contribution is 6.02. The molecular weight excluding hydrogens is 581 g/mol. The lowest BCUT2D eigenvalue weighted by Gasteiger charge is -2.39. The van der Waals surface area contributed by atoms with Crippen LogP contribution in [0.15, 0.2) is 76.7 Å². The van der Waals surface area contributed by atoms with Crippen LogP contribution in [0.2, 0.25) is 0 Å². The average Bonchev–Trinajstić information content (AvgIpc) is 3.60. The Kier molecular flexibility index (Phi) is 7.93. The summed E-state index contributed by atoms with van der Waals surface area (Å²) in [7, 11) is 1.17. The third-order valence-corrected chi connectivity index (χ3v) is 7.47. The number of nitrogens with one attached hydrogen (secondary N) is 1. The molecule has 13 heteroatoms. The van der Waals surface area contributed by atoms with Crippen molar-refractivity contribution in [3.8, 4) is 5.75 Å². The van der Waals surface area contributed by atoms with Crippen molar-refractivity contribution in [2.75, 3.05) is 20.2 Å². The normalized spacial score (nSPS) is 19.2. The molecule has 0 spiro atoms. The number of amides is 2. The van der Waals surface area contributed by atoms with Gasteiger partial charge in [-0.15, -0.1) is 0 Å². The van der Waals surface area contributed by atoms with Gasteiger partial charge in [-0.1, -0.05) is 36.4 Å². The van der Waals surface area contributed by atoms with Gasteiger partial charge in [0.05, 0.1) is 43.1 Å². The van der Waals surface area contributed by atoms with Crippen molar-refractivity contribution in [3.63, 3.8) is 0 Å². The molecule has 0 aliphatic carbocycles. The fraction of sp³-hybridized carbons (Fsp3) is 0.300. The summed E-state index contributed by atoms with van der Waals surface area (Å²) in [6.07, 6.45) is -4.79. The summed E-state index contributed by atoms with van der Waals surface area (Å²) in [6.45, 7) is -1.01. The lowest BCUT2D eigenvalue weighted by Crippen LogP contribution is -2.55. The number of methoxy groups -OCH3 is 1. The molecule has 0 unspecified atom stereocenters. The molecule has 2 heterocycles. The summed E-state index contributed by atoms with van der Waals surface area (Å²) in [5.74, 6) is -5.66. The molecule has 2 amide bonds. The zero-order chi connectivity index (χ0) is 31.0. The molecule has 3 aromatic carbocycles. The van der Waals surface area contributed by atoms with Crippen LogP contribution < -0.4 is 10.1 Å². The van der Waals surface area contributed by atoms with Gasteiger partial charge in [-0.2, -0.15) is 13.2 Å². The number of urea groups is 1. The van der Waals surface area contributed by atoms with E-state index in [2.05, 4.69) is 15.3 Å². The molecule has 43 heavy (non-hydrogen) atoms. The second kappa shape index (κ2) is 11.3. The first-order valence-corrected chi connectivity index (χ1v) is 13.1. The molecule has 1 saturated heterocycles. The van der Waals surface area contributed by atoms with E-state index < -0.39 is 59.9 Å². The Morgan fingerprint density at radius 3 is 2.40 bits per heavy atom. The summed E-state index contributed by atoms with van der Waals surface area (Å²) in [5.41, 5.74) is -3.00. The van der Waals surface area contributed by atoms with Gasteiger partial charge in [-0.05, 0) is 47.0 Å². The number of nitrogens with zero attached hydrogens (tertiary/aromatic N) is 3. The molecule has 3 aromatic rings. The zero-order valence-electron chi connectivity index (χ0n) is 22.6. The molecule has 0 saturated carbocycles. The van der Waals surface area contributed by atoms with E-state index in [0.717, 1.165) is 17.0 Å². The van der Waals surface area contributed by atoms with Gasteiger partial charge in [0.2, 0.25) is 0 Å². The smallest absolute Gasteiger partial charge is 0.416 e. The molecule has 226 valence electrons. The monoisotopic (exact) mass is 606 g/mol. The second-order valence-corrected chi connectivity index (χ2v) is 10.4. The lowest BCUT2D eigenvalue weighted by atomic mass is 9.77. The molecule has 1 fully saturated rings. The van der Waals surface area contributed by atoms with Gasteiger partial charge in [0.15, 0.2) is 11.6 Å². The van der Waals surface area contributed by atoms with Crippen molar-refractivity contribution in [2.24, 2.45) is 9.98 Å². The minimum atomic E-state index is -4.97. The van der Waals surface area contributed by atoms with Gasteiger partial charge in [0.1, 0.15) is 12.2 Å². The maximum Gasteiger partial charge on any atom is 0.416 e. The number of ether oxygens (including phenoxy) is 1. The molecule has 0 aromatic heterocycles. The van der Waals surface area contributed by atoms with E-state index in [9.17, 15) is 35.5 Å². The molecular formula is C30H25F7N4O2. The molecule has 1 N–H and O–H groups in total. The molecule has 0 bridgehead atoms. The third-order valence-electron chi connectivity index (χ3n) is 7.47. The Morgan fingerprint density at radius 1 is 1.02 bits per heavy atom. The number of alkyl halides is 5. The molecule has 2 aliphatic heterocycles. The van der Waals surface area contributed by atoms with Crippen LogP contribution in [0.4, 0.5) is 35.5 Å². The number of likely N-dealkylation sites (tertiary alicyclic amines) is 1.